The second-order valence-corrected chi connectivity index (χ2v) is 9.33. The number of carbonyl (C=O) groups is 3. The minimum absolute atomic E-state index is 0.205. The van der Waals surface area contributed by atoms with Crippen LogP contribution in [0, 0.1) is 11.8 Å². The summed E-state index contributed by atoms with van der Waals surface area (Å²) in [5.41, 5.74) is 2.81. The van der Waals surface area contributed by atoms with Gasteiger partial charge in [0.2, 0.25) is 11.8 Å². The van der Waals surface area contributed by atoms with Crippen molar-refractivity contribution in [2.24, 2.45) is 16.9 Å². The predicted octanol–water partition coefficient (Wildman–Crippen LogP) is 4.21. The number of imide groups is 1. The first kappa shape index (κ1) is 20.1. The highest BCUT2D eigenvalue weighted by Crippen LogP contribution is 2.53. The van der Waals surface area contributed by atoms with Crippen molar-refractivity contribution >= 4 is 45.4 Å². The number of benzene rings is 3. The van der Waals surface area contributed by atoms with E-state index >= 15 is 0 Å². The van der Waals surface area contributed by atoms with Gasteiger partial charge in [0.25, 0.3) is 0 Å². The van der Waals surface area contributed by atoms with Crippen LogP contribution in [0.4, 0.5) is 5.69 Å². The topological polar surface area (TPSA) is 70.0 Å². The molecule has 6 nitrogen and oxygen atoms in total. The van der Waals surface area contributed by atoms with Crippen LogP contribution >= 0.6 is 15.9 Å². The van der Waals surface area contributed by atoms with Crippen molar-refractivity contribution in [2.45, 2.75) is 12.1 Å². The van der Waals surface area contributed by atoms with Crippen molar-refractivity contribution in [3.63, 3.8) is 0 Å². The van der Waals surface area contributed by atoms with Crippen LogP contribution in [0.2, 0.25) is 0 Å². The molecule has 0 saturated carbocycles. The van der Waals surface area contributed by atoms with E-state index in [2.05, 4.69) is 21.0 Å². The lowest BCUT2D eigenvalue weighted by Crippen LogP contribution is -2.44. The number of halogens is 1. The maximum atomic E-state index is 13.8. The van der Waals surface area contributed by atoms with E-state index in [1.165, 1.54) is 4.90 Å². The van der Waals surface area contributed by atoms with Crippen LogP contribution in [-0.2, 0) is 9.59 Å². The molecular weight excluding hydrogens is 482 g/mol. The highest BCUT2D eigenvalue weighted by molar-refractivity contribution is 9.10. The molecule has 3 heterocycles. The standard InChI is InChI=1S/C26H18BrN3O3/c27-17-10-12-18(13-11-17)29-25(32)20-21(26(29)33)23(24(31)15-6-2-1-3-7-15)30-22(20)19-9-5-4-8-16(19)14-28-30/h1-14,20-23H/t20-,21-,22+,23+/m1/s1. The molecule has 0 aromatic heterocycles. The molecule has 3 aliphatic heterocycles. The van der Waals surface area contributed by atoms with E-state index in [1.54, 1.807) is 59.8 Å². The fourth-order valence-corrected chi connectivity index (χ4v) is 5.55. The summed E-state index contributed by atoms with van der Waals surface area (Å²) in [4.78, 5) is 42.4. The van der Waals surface area contributed by atoms with E-state index in [-0.39, 0.29) is 17.6 Å². The maximum absolute atomic E-state index is 13.8. The molecule has 7 heteroatoms. The van der Waals surface area contributed by atoms with Gasteiger partial charge in [-0.05, 0) is 35.4 Å². The Labute approximate surface area is 198 Å². The van der Waals surface area contributed by atoms with Gasteiger partial charge >= 0.3 is 0 Å². The van der Waals surface area contributed by atoms with Gasteiger partial charge in [0.1, 0.15) is 6.04 Å². The SMILES string of the molecule is O=C(c1ccccc1)[C@@H]1[C@@H]2C(=O)N(c3ccc(Br)cc3)C(=O)[C@H]2[C@@H]2c3ccccc3C=NN12. The van der Waals surface area contributed by atoms with Gasteiger partial charge in [0.05, 0.1) is 29.8 Å². The van der Waals surface area contributed by atoms with E-state index in [9.17, 15) is 14.4 Å². The smallest absolute Gasteiger partial charge is 0.240 e. The first-order valence-electron chi connectivity index (χ1n) is 10.7. The summed E-state index contributed by atoms with van der Waals surface area (Å²) in [5.74, 6) is -2.37. The summed E-state index contributed by atoms with van der Waals surface area (Å²) in [7, 11) is 0. The summed E-state index contributed by atoms with van der Waals surface area (Å²) < 4.78 is 0.851. The average molecular weight is 500 g/mol. The Morgan fingerprint density at radius 1 is 0.818 bits per heavy atom. The predicted molar refractivity (Wildman–Crippen MR) is 127 cm³/mol. The molecule has 4 atom stereocenters. The summed E-state index contributed by atoms with van der Waals surface area (Å²) in [6, 6.07) is 22.3. The number of ketones is 1. The molecule has 162 valence electrons. The second-order valence-electron chi connectivity index (χ2n) is 8.41. The highest BCUT2D eigenvalue weighted by atomic mass is 79.9. The van der Waals surface area contributed by atoms with Crippen LogP contribution in [0.5, 0.6) is 0 Å². The minimum atomic E-state index is -0.857. The molecule has 2 amide bonds. The van der Waals surface area contributed by atoms with E-state index in [0.717, 1.165) is 15.6 Å². The molecule has 33 heavy (non-hydrogen) atoms. The monoisotopic (exact) mass is 499 g/mol. The molecule has 0 radical (unpaired) electrons. The summed E-state index contributed by atoms with van der Waals surface area (Å²) in [5, 5.41) is 6.26. The van der Waals surface area contributed by atoms with Gasteiger partial charge in [0.15, 0.2) is 5.78 Å². The Morgan fingerprint density at radius 2 is 1.48 bits per heavy atom. The molecule has 3 aromatic carbocycles. The molecule has 2 saturated heterocycles. The lowest BCUT2D eigenvalue weighted by molar-refractivity contribution is -0.124. The first-order chi connectivity index (χ1) is 16.1. The van der Waals surface area contributed by atoms with Crippen LogP contribution < -0.4 is 4.90 Å². The molecule has 2 fully saturated rings. The molecule has 0 bridgehead atoms. The number of carbonyl (C=O) groups excluding carboxylic acids is 3. The normalized spacial score (nSPS) is 25.1. The third-order valence-corrected chi connectivity index (χ3v) is 7.23. The number of nitrogens with zero attached hydrogens (tertiary/aromatic N) is 3. The molecule has 6 rings (SSSR count). The largest absolute Gasteiger partial charge is 0.292 e. The number of rotatable bonds is 3. The lowest BCUT2D eigenvalue weighted by atomic mass is 9.83. The number of anilines is 1. The van der Waals surface area contributed by atoms with Crippen LogP contribution in [0.3, 0.4) is 0 Å². The van der Waals surface area contributed by atoms with Crippen molar-refractivity contribution < 1.29 is 14.4 Å². The summed E-state index contributed by atoms with van der Waals surface area (Å²) in [6.07, 6.45) is 1.71. The Morgan fingerprint density at radius 3 is 2.24 bits per heavy atom. The molecule has 0 N–H and O–H groups in total. The zero-order valence-electron chi connectivity index (χ0n) is 17.3. The number of Topliss-reactive ketones (excluding diaryl/α,β-unsaturated/α-hetero) is 1. The molecule has 0 spiro atoms. The van der Waals surface area contributed by atoms with E-state index in [4.69, 9.17) is 0 Å². The van der Waals surface area contributed by atoms with Crippen molar-refractivity contribution in [1.29, 1.82) is 0 Å². The van der Waals surface area contributed by atoms with Crippen molar-refractivity contribution in [3.8, 4) is 0 Å². The fraction of sp³-hybridized carbons (Fsp3) is 0.154. The zero-order chi connectivity index (χ0) is 22.7. The first-order valence-corrected chi connectivity index (χ1v) is 11.5. The van der Waals surface area contributed by atoms with E-state index < -0.39 is 23.9 Å². The van der Waals surface area contributed by atoms with Gasteiger partial charge < -0.3 is 0 Å². The van der Waals surface area contributed by atoms with Gasteiger partial charge in [-0.1, -0.05) is 70.5 Å². The molecule has 0 unspecified atom stereocenters. The molecular formula is C26H18BrN3O3. The van der Waals surface area contributed by atoms with Crippen molar-refractivity contribution in [3.05, 3.63) is 100 Å². The molecule has 3 aliphatic rings. The summed E-state index contributed by atoms with van der Waals surface area (Å²) in [6.45, 7) is 0. The van der Waals surface area contributed by atoms with Gasteiger partial charge in [-0.3, -0.25) is 19.4 Å². The number of hydrogen-bond donors (Lipinski definition) is 0. The van der Waals surface area contributed by atoms with Gasteiger partial charge in [-0.25, -0.2) is 4.90 Å². The highest BCUT2D eigenvalue weighted by Gasteiger charge is 2.65. The van der Waals surface area contributed by atoms with Crippen LogP contribution in [0.25, 0.3) is 0 Å². The molecule has 0 aliphatic carbocycles. The molecule has 3 aromatic rings. The Hall–Kier alpha value is -3.58. The number of hydrazone groups is 1. The van der Waals surface area contributed by atoms with Gasteiger partial charge in [-0.2, -0.15) is 5.10 Å². The van der Waals surface area contributed by atoms with Crippen LogP contribution in [0.15, 0.2) is 88.4 Å². The Bertz CT molecular complexity index is 1320. The fourth-order valence-electron chi connectivity index (χ4n) is 5.29. The number of amides is 2. The third kappa shape index (κ3) is 2.92. The quantitative estimate of drug-likeness (QED) is 0.399. The van der Waals surface area contributed by atoms with Gasteiger partial charge in [0, 0.05) is 10.0 Å². The zero-order valence-corrected chi connectivity index (χ0v) is 18.9. The Balaban J connectivity index is 1.50. The third-order valence-electron chi connectivity index (χ3n) is 6.70. The van der Waals surface area contributed by atoms with Crippen molar-refractivity contribution in [2.75, 3.05) is 4.90 Å². The van der Waals surface area contributed by atoms with Gasteiger partial charge in [-0.15, -0.1) is 0 Å². The Kier molecular flexibility index (Phi) is 4.55. The lowest BCUT2D eigenvalue weighted by Gasteiger charge is -2.33. The maximum Gasteiger partial charge on any atom is 0.240 e. The van der Waals surface area contributed by atoms with Crippen LogP contribution in [-0.4, -0.2) is 34.9 Å². The second kappa shape index (κ2) is 7.49. The van der Waals surface area contributed by atoms with E-state index in [1.807, 2.05) is 30.3 Å². The van der Waals surface area contributed by atoms with Crippen LogP contribution in [0.1, 0.15) is 27.5 Å². The van der Waals surface area contributed by atoms with Crippen molar-refractivity contribution in [1.82, 2.24) is 5.01 Å². The summed E-state index contributed by atoms with van der Waals surface area (Å²) >= 11 is 3.40. The number of fused-ring (bicyclic) bond motifs is 5. The van der Waals surface area contributed by atoms with E-state index in [0.29, 0.717) is 11.3 Å². The number of hydrogen-bond acceptors (Lipinski definition) is 5. The average Bonchev–Trinajstić information content (AvgIpc) is 3.32. The minimum Gasteiger partial charge on any atom is -0.292 e.